The minimum Gasteiger partial charge on any atom is -0.344 e. The Labute approximate surface area is 154 Å². The number of nitrogens with zero attached hydrogens (tertiary/aromatic N) is 5. The maximum absolute atomic E-state index is 13.1. The molecule has 0 bridgehead atoms. The summed E-state index contributed by atoms with van der Waals surface area (Å²) in [4.78, 5) is 20.9. The molecule has 1 aliphatic heterocycles. The number of fused-ring (bicyclic) bond motifs is 1. The van der Waals surface area contributed by atoms with Crippen LogP contribution in [-0.2, 0) is 0 Å². The van der Waals surface area contributed by atoms with Crippen molar-refractivity contribution in [1.29, 1.82) is 0 Å². The lowest BCUT2D eigenvalue weighted by Gasteiger charge is -2.38. The van der Waals surface area contributed by atoms with Gasteiger partial charge >= 0.3 is 0 Å². The van der Waals surface area contributed by atoms with Crippen molar-refractivity contribution in [2.24, 2.45) is 0 Å². The molecule has 3 heterocycles. The lowest BCUT2D eigenvalue weighted by Crippen LogP contribution is -2.47. The van der Waals surface area contributed by atoms with Gasteiger partial charge in [-0.05, 0) is 31.5 Å². The lowest BCUT2D eigenvalue weighted by molar-refractivity contribution is 0.198. The second kappa shape index (κ2) is 6.77. The van der Waals surface area contributed by atoms with Gasteiger partial charge in [-0.3, -0.25) is 9.69 Å². The third-order valence-corrected chi connectivity index (χ3v) is 5.88. The molecule has 26 heavy (non-hydrogen) atoms. The Hall–Kier alpha value is -2.32. The van der Waals surface area contributed by atoms with E-state index in [9.17, 15) is 9.18 Å². The average molecular weight is 373 g/mol. The molecule has 0 radical (unpaired) electrons. The Morgan fingerprint density at radius 1 is 1.15 bits per heavy atom. The van der Waals surface area contributed by atoms with Gasteiger partial charge in [-0.1, -0.05) is 23.5 Å². The van der Waals surface area contributed by atoms with Crippen molar-refractivity contribution in [2.75, 3.05) is 31.1 Å². The molecule has 2 aromatic heterocycles. The smallest absolute Gasteiger partial charge is 0.274 e. The standard InChI is InChI=1S/C18H20FN5OS/c1-12-11-16(25)20-17-24(12)21-18(26-17)23-9-7-22(8-10-23)13(2)14-3-5-15(19)6-4-14/h3-6,11,13H,7-10H2,1-2H3. The number of benzene rings is 1. The van der Waals surface area contributed by atoms with Crippen LogP contribution in [0.3, 0.4) is 0 Å². The van der Waals surface area contributed by atoms with Gasteiger partial charge in [-0.15, -0.1) is 5.10 Å². The molecule has 0 aliphatic carbocycles. The maximum Gasteiger partial charge on any atom is 0.274 e. The highest BCUT2D eigenvalue weighted by molar-refractivity contribution is 7.20. The first kappa shape index (κ1) is 17.1. The maximum atomic E-state index is 13.1. The van der Waals surface area contributed by atoms with Crippen molar-refractivity contribution in [3.8, 4) is 0 Å². The molecular formula is C18H20FN5OS. The molecule has 1 aliphatic rings. The molecule has 1 fully saturated rings. The Bertz CT molecular complexity index is 975. The van der Waals surface area contributed by atoms with Gasteiger partial charge in [0.25, 0.3) is 5.56 Å². The van der Waals surface area contributed by atoms with Crippen LogP contribution in [0.4, 0.5) is 9.52 Å². The molecule has 4 rings (SSSR count). The zero-order chi connectivity index (χ0) is 18.3. The Balaban J connectivity index is 1.47. The number of anilines is 1. The third-order valence-electron chi connectivity index (χ3n) is 4.91. The van der Waals surface area contributed by atoms with Gasteiger partial charge in [0, 0.05) is 44.0 Å². The highest BCUT2D eigenvalue weighted by atomic mass is 32.1. The predicted octanol–water partition coefficient (Wildman–Crippen LogP) is 2.48. The van der Waals surface area contributed by atoms with Gasteiger partial charge in [0.05, 0.1) is 0 Å². The van der Waals surface area contributed by atoms with Crippen LogP contribution in [0.1, 0.15) is 24.2 Å². The van der Waals surface area contributed by atoms with Crippen LogP contribution in [0.15, 0.2) is 35.1 Å². The number of halogens is 1. The quantitative estimate of drug-likeness (QED) is 0.706. The van der Waals surface area contributed by atoms with Crippen LogP contribution >= 0.6 is 11.3 Å². The fourth-order valence-corrected chi connectivity index (χ4v) is 4.32. The van der Waals surface area contributed by atoms with Crippen LogP contribution in [0.2, 0.25) is 0 Å². The van der Waals surface area contributed by atoms with Gasteiger partial charge < -0.3 is 4.90 Å². The van der Waals surface area contributed by atoms with Crippen molar-refractivity contribution < 1.29 is 4.39 Å². The van der Waals surface area contributed by atoms with Crippen LogP contribution in [0, 0.1) is 12.7 Å². The second-order valence-corrected chi connectivity index (χ2v) is 7.50. The Morgan fingerprint density at radius 2 is 1.85 bits per heavy atom. The fraction of sp³-hybridized carbons (Fsp3) is 0.389. The number of piperazine rings is 1. The molecular weight excluding hydrogens is 353 g/mol. The molecule has 1 unspecified atom stereocenters. The first-order valence-electron chi connectivity index (χ1n) is 8.63. The number of hydrogen-bond acceptors (Lipinski definition) is 6. The third kappa shape index (κ3) is 3.22. The summed E-state index contributed by atoms with van der Waals surface area (Å²) >= 11 is 1.45. The number of aryl methyl sites for hydroxylation is 1. The van der Waals surface area contributed by atoms with E-state index < -0.39 is 0 Å². The summed E-state index contributed by atoms with van der Waals surface area (Å²) in [5, 5.41) is 5.50. The zero-order valence-corrected chi connectivity index (χ0v) is 15.5. The molecule has 1 saturated heterocycles. The molecule has 6 nitrogen and oxygen atoms in total. The summed E-state index contributed by atoms with van der Waals surface area (Å²) in [7, 11) is 0. The van der Waals surface area contributed by atoms with E-state index in [0.29, 0.717) is 4.96 Å². The van der Waals surface area contributed by atoms with Crippen LogP contribution < -0.4 is 10.5 Å². The van der Waals surface area contributed by atoms with E-state index in [1.165, 1.54) is 29.5 Å². The molecule has 3 aromatic rings. The highest BCUT2D eigenvalue weighted by Gasteiger charge is 2.24. The summed E-state index contributed by atoms with van der Waals surface area (Å²) in [6.45, 7) is 7.53. The zero-order valence-electron chi connectivity index (χ0n) is 14.7. The summed E-state index contributed by atoms with van der Waals surface area (Å²) in [6.07, 6.45) is 0. The number of aromatic nitrogens is 3. The monoisotopic (exact) mass is 373 g/mol. The Morgan fingerprint density at radius 3 is 2.54 bits per heavy atom. The summed E-state index contributed by atoms with van der Waals surface area (Å²) < 4.78 is 14.9. The molecule has 8 heteroatoms. The van der Waals surface area contributed by atoms with E-state index in [-0.39, 0.29) is 17.4 Å². The second-order valence-electron chi connectivity index (χ2n) is 6.57. The normalized spacial score (nSPS) is 17.0. The Kier molecular flexibility index (Phi) is 4.46. The highest BCUT2D eigenvalue weighted by Crippen LogP contribution is 2.26. The van der Waals surface area contributed by atoms with E-state index in [1.54, 1.807) is 4.52 Å². The molecule has 0 saturated carbocycles. The topological polar surface area (TPSA) is 53.7 Å². The first-order valence-corrected chi connectivity index (χ1v) is 9.45. The summed E-state index contributed by atoms with van der Waals surface area (Å²) in [6, 6.07) is 8.48. The minimum absolute atomic E-state index is 0.204. The van der Waals surface area contributed by atoms with Crippen molar-refractivity contribution in [3.63, 3.8) is 0 Å². The van der Waals surface area contributed by atoms with E-state index in [0.717, 1.165) is 42.6 Å². The van der Waals surface area contributed by atoms with E-state index in [2.05, 4.69) is 26.8 Å². The van der Waals surface area contributed by atoms with Crippen LogP contribution in [0.25, 0.3) is 4.96 Å². The average Bonchev–Trinajstić information content (AvgIpc) is 3.06. The first-order chi connectivity index (χ1) is 12.5. The van der Waals surface area contributed by atoms with Gasteiger partial charge in [0.1, 0.15) is 5.82 Å². The molecule has 136 valence electrons. The molecule has 0 N–H and O–H groups in total. The number of rotatable bonds is 3. The van der Waals surface area contributed by atoms with Gasteiger partial charge in [0.15, 0.2) is 0 Å². The van der Waals surface area contributed by atoms with Crippen molar-refractivity contribution in [3.05, 3.63) is 57.8 Å². The summed E-state index contributed by atoms with van der Waals surface area (Å²) in [5.41, 5.74) is 1.69. The fourth-order valence-electron chi connectivity index (χ4n) is 3.32. The molecule has 0 spiro atoms. The molecule has 1 aromatic carbocycles. The minimum atomic E-state index is -0.226. The van der Waals surface area contributed by atoms with E-state index >= 15 is 0 Å². The van der Waals surface area contributed by atoms with Crippen molar-refractivity contribution in [1.82, 2.24) is 19.5 Å². The molecule has 0 amide bonds. The van der Waals surface area contributed by atoms with Gasteiger partial charge in [0.2, 0.25) is 10.1 Å². The SMILES string of the molecule is Cc1cc(=O)nc2sc(N3CCN(C(C)c4ccc(F)cc4)CC3)nn12. The van der Waals surface area contributed by atoms with Crippen molar-refractivity contribution >= 4 is 21.4 Å². The number of hydrogen-bond donors (Lipinski definition) is 0. The van der Waals surface area contributed by atoms with E-state index in [1.807, 2.05) is 19.1 Å². The lowest BCUT2D eigenvalue weighted by atomic mass is 10.1. The van der Waals surface area contributed by atoms with E-state index in [4.69, 9.17) is 0 Å². The van der Waals surface area contributed by atoms with Gasteiger partial charge in [-0.2, -0.15) is 4.98 Å². The van der Waals surface area contributed by atoms with Crippen molar-refractivity contribution in [2.45, 2.75) is 19.9 Å². The summed E-state index contributed by atoms with van der Waals surface area (Å²) in [5.74, 6) is -0.204. The predicted molar refractivity (Wildman–Crippen MR) is 100 cm³/mol. The molecule has 1 atom stereocenters. The van der Waals surface area contributed by atoms with Crippen LogP contribution in [0.5, 0.6) is 0 Å². The van der Waals surface area contributed by atoms with Gasteiger partial charge in [-0.25, -0.2) is 8.91 Å². The van der Waals surface area contributed by atoms with Crippen LogP contribution in [-0.4, -0.2) is 45.7 Å². The largest absolute Gasteiger partial charge is 0.344 e.